The van der Waals surface area contributed by atoms with Gasteiger partial charge < -0.3 is 18.3 Å². The number of ether oxygens (including phenoxy) is 2. The topological polar surface area (TPSA) is 61.8 Å². The van der Waals surface area contributed by atoms with Gasteiger partial charge in [-0.2, -0.15) is 0 Å². The summed E-state index contributed by atoms with van der Waals surface area (Å²) in [6.07, 6.45) is 1.53. The monoisotopic (exact) mass is 370 g/mol. The minimum atomic E-state index is -0.198. The molecule has 0 radical (unpaired) electrons. The number of benzene rings is 2. The fourth-order valence-corrected chi connectivity index (χ4v) is 3.08. The van der Waals surface area contributed by atoms with E-state index in [-0.39, 0.29) is 12.0 Å². The van der Waals surface area contributed by atoms with Gasteiger partial charge in [-0.25, -0.2) is 0 Å². The molecule has 0 saturated carbocycles. The van der Waals surface area contributed by atoms with Crippen molar-refractivity contribution < 1.29 is 18.3 Å². The molecule has 0 saturated heterocycles. The predicted octanol–water partition coefficient (Wildman–Crippen LogP) is 5.09. The van der Waals surface area contributed by atoms with E-state index in [1.807, 2.05) is 12.1 Å². The van der Waals surface area contributed by atoms with Crippen molar-refractivity contribution in [2.75, 3.05) is 7.11 Å². The number of rotatable bonds is 4. The first-order valence-corrected chi connectivity index (χ1v) is 8.35. The van der Waals surface area contributed by atoms with Crippen LogP contribution >= 0.6 is 11.6 Å². The second kappa shape index (κ2) is 6.42. The summed E-state index contributed by atoms with van der Waals surface area (Å²) in [5, 5.41) is 1.63. The van der Waals surface area contributed by atoms with Gasteiger partial charge in [0.05, 0.1) is 18.8 Å². The van der Waals surface area contributed by atoms with Crippen LogP contribution in [0.4, 0.5) is 0 Å². The number of hydrogen-bond acceptors (Lipinski definition) is 5. The van der Waals surface area contributed by atoms with Crippen LogP contribution in [0.1, 0.15) is 11.3 Å². The molecule has 26 heavy (non-hydrogen) atoms. The van der Waals surface area contributed by atoms with Gasteiger partial charge in [0, 0.05) is 11.1 Å². The smallest absolute Gasteiger partial charge is 0.206 e. The first kappa shape index (κ1) is 16.5. The average Bonchev–Trinajstić information content (AvgIpc) is 3.09. The maximum atomic E-state index is 12.7. The normalized spacial score (nSPS) is 11.2. The molecule has 2 aromatic carbocycles. The summed E-state index contributed by atoms with van der Waals surface area (Å²) >= 11 is 5.92. The minimum absolute atomic E-state index is 0.198. The van der Waals surface area contributed by atoms with Gasteiger partial charge in [-0.15, -0.1) is 0 Å². The highest BCUT2D eigenvalue weighted by molar-refractivity contribution is 6.30. The van der Waals surface area contributed by atoms with Crippen molar-refractivity contribution in [3.8, 4) is 11.5 Å². The highest BCUT2D eigenvalue weighted by atomic mass is 35.5. The molecule has 132 valence electrons. The molecule has 0 atom stereocenters. The summed E-state index contributed by atoms with van der Waals surface area (Å²) < 4.78 is 22.8. The van der Waals surface area contributed by atoms with Crippen LogP contribution in [-0.2, 0) is 6.61 Å². The number of halogens is 1. The van der Waals surface area contributed by atoms with Gasteiger partial charge in [0.1, 0.15) is 23.5 Å². The molecule has 0 bridgehead atoms. The lowest BCUT2D eigenvalue weighted by Gasteiger charge is -2.13. The highest BCUT2D eigenvalue weighted by Gasteiger charge is 2.22. The molecule has 0 spiro atoms. The maximum absolute atomic E-state index is 12.7. The Morgan fingerprint density at radius 1 is 1.08 bits per heavy atom. The molecule has 0 amide bonds. The zero-order chi connectivity index (χ0) is 18.3. The second-order valence-electron chi connectivity index (χ2n) is 5.87. The molecule has 4 rings (SSSR count). The molecular formula is C20H15ClO5. The van der Waals surface area contributed by atoms with E-state index < -0.39 is 0 Å². The Balaban J connectivity index is 1.93. The van der Waals surface area contributed by atoms with Gasteiger partial charge in [0.15, 0.2) is 16.6 Å². The SMILES string of the molecule is COc1c2occc2c(OCc2ccc(Cl)cc2)c2c(=O)cc(C)oc12. The molecule has 5 nitrogen and oxygen atoms in total. The largest absolute Gasteiger partial charge is 0.490 e. The Bertz CT molecular complexity index is 1150. The molecule has 0 aliphatic heterocycles. The van der Waals surface area contributed by atoms with Gasteiger partial charge in [0.2, 0.25) is 5.75 Å². The van der Waals surface area contributed by atoms with Crippen molar-refractivity contribution in [2.24, 2.45) is 0 Å². The molecule has 0 aliphatic rings. The third-order valence-corrected chi connectivity index (χ3v) is 4.37. The lowest BCUT2D eigenvalue weighted by molar-refractivity contribution is 0.312. The van der Waals surface area contributed by atoms with Crippen molar-refractivity contribution in [1.82, 2.24) is 0 Å². The van der Waals surface area contributed by atoms with E-state index in [1.54, 1.807) is 25.1 Å². The maximum Gasteiger partial charge on any atom is 0.206 e. The van der Waals surface area contributed by atoms with Crippen LogP contribution in [0.2, 0.25) is 5.02 Å². The summed E-state index contributed by atoms with van der Waals surface area (Å²) in [4.78, 5) is 12.7. The van der Waals surface area contributed by atoms with Crippen molar-refractivity contribution in [1.29, 1.82) is 0 Å². The summed E-state index contributed by atoms with van der Waals surface area (Å²) in [5.74, 6) is 1.27. The number of aryl methyl sites for hydroxylation is 1. The summed E-state index contributed by atoms with van der Waals surface area (Å²) in [6.45, 7) is 1.98. The van der Waals surface area contributed by atoms with E-state index in [1.165, 1.54) is 19.4 Å². The first-order chi connectivity index (χ1) is 12.6. The Kier molecular flexibility index (Phi) is 4.09. The third kappa shape index (κ3) is 2.70. The van der Waals surface area contributed by atoms with Crippen LogP contribution in [0.5, 0.6) is 11.5 Å². The van der Waals surface area contributed by atoms with E-state index in [0.717, 1.165) is 5.56 Å². The lowest BCUT2D eigenvalue weighted by Crippen LogP contribution is -2.06. The molecular weight excluding hydrogens is 356 g/mol. The Hall–Kier alpha value is -2.92. The van der Waals surface area contributed by atoms with Gasteiger partial charge in [0.25, 0.3) is 0 Å². The minimum Gasteiger partial charge on any atom is -0.490 e. The quantitative estimate of drug-likeness (QED) is 0.500. The molecule has 2 aromatic heterocycles. The van der Waals surface area contributed by atoms with E-state index >= 15 is 0 Å². The zero-order valence-corrected chi connectivity index (χ0v) is 14.9. The van der Waals surface area contributed by atoms with Crippen molar-refractivity contribution >= 4 is 33.5 Å². The van der Waals surface area contributed by atoms with Crippen LogP contribution in [0.15, 0.2) is 56.3 Å². The third-order valence-electron chi connectivity index (χ3n) is 4.12. The van der Waals surface area contributed by atoms with Gasteiger partial charge in [-0.05, 0) is 30.7 Å². The van der Waals surface area contributed by atoms with Crippen molar-refractivity contribution in [3.63, 3.8) is 0 Å². The molecule has 2 heterocycles. The summed E-state index contributed by atoms with van der Waals surface area (Å²) in [7, 11) is 1.51. The number of methoxy groups -OCH3 is 1. The van der Waals surface area contributed by atoms with Crippen LogP contribution in [0, 0.1) is 6.92 Å². The Morgan fingerprint density at radius 2 is 1.85 bits per heavy atom. The summed E-state index contributed by atoms with van der Waals surface area (Å²) in [5.41, 5.74) is 1.51. The first-order valence-electron chi connectivity index (χ1n) is 7.97. The van der Waals surface area contributed by atoms with Crippen molar-refractivity contribution in [2.45, 2.75) is 13.5 Å². The van der Waals surface area contributed by atoms with Crippen LogP contribution in [0.3, 0.4) is 0 Å². The van der Waals surface area contributed by atoms with E-state index in [9.17, 15) is 4.79 Å². The molecule has 0 unspecified atom stereocenters. The molecule has 6 heteroatoms. The Labute approximate surface area is 153 Å². The summed E-state index contributed by atoms with van der Waals surface area (Å²) in [6, 6.07) is 10.5. The zero-order valence-electron chi connectivity index (χ0n) is 14.2. The van der Waals surface area contributed by atoms with E-state index in [0.29, 0.717) is 44.2 Å². The average molecular weight is 371 g/mol. The molecule has 0 aliphatic carbocycles. The van der Waals surface area contributed by atoms with Crippen LogP contribution in [-0.4, -0.2) is 7.11 Å². The predicted molar refractivity (Wildman–Crippen MR) is 99.3 cm³/mol. The Morgan fingerprint density at radius 3 is 2.58 bits per heavy atom. The highest BCUT2D eigenvalue weighted by Crippen LogP contribution is 2.42. The fourth-order valence-electron chi connectivity index (χ4n) is 2.96. The number of furan rings is 1. The van der Waals surface area contributed by atoms with E-state index in [2.05, 4.69) is 0 Å². The van der Waals surface area contributed by atoms with Crippen LogP contribution < -0.4 is 14.9 Å². The van der Waals surface area contributed by atoms with E-state index in [4.69, 9.17) is 29.9 Å². The van der Waals surface area contributed by atoms with Crippen molar-refractivity contribution in [3.05, 3.63) is 69.2 Å². The standard InChI is InChI=1S/C20H15ClO5/c1-11-9-15(22)16-17(25-10-12-3-5-13(21)6-4-12)14-7-8-24-18(14)20(23-2)19(16)26-11/h3-9H,10H2,1-2H3. The fraction of sp³-hybridized carbons (Fsp3) is 0.150. The number of hydrogen-bond donors (Lipinski definition) is 0. The van der Waals surface area contributed by atoms with Gasteiger partial charge in [-0.1, -0.05) is 23.7 Å². The van der Waals surface area contributed by atoms with Gasteiger partial charge in [-0.3, -0.25) is 4.79 Å². The van der Waals surface area contributed by atoms with Gasteiger partial charge >= 0.3 is 0 Å². The molecule has 0 fully saturated rings. The molecule has 0 N–H and O–H groups in total. The second-order valence-corrected chi connectivity index (χ2v) is 6.30. The lowest BCUT2D eigenvalue weighted by atomic mass is 10.1. The van der Waals surface area contributed by atoms with Crippen LogP contribution in [0.25, 0.3) is 21.9 Å². The molecule has 4 aromatic rings. The number of fused-ring (bicyclic) bond motifs is 2.